The first kappa shape index (κ1) is 15.3. The Hall–Kier alpha value is -1.58. The van der Waals surface area contributed by atoms with E-state index in [4.69, 9.17) is 20.4 Å². The zero-order valence-corrected chi connectivity index (χ0v) is 12.3. The molecule has 108 valence electrons. The summed E-state index contributed by atoms with van der Waals surface area (Å²) in [5.41, 5.74) is 2.07. The van der Waals surface area contributed by atoms with Crippen molar-refractivity contribution < 1.29 is 9.13 Å². The standard InChI is InChI=1S/C17H16B2FNO/c18-17(19)12-22-16(14-6-8-15(20)9-7-14)11-21(17)10-13-4-2-1-3-5-13/h1-9,16H,10-12H2. The quantitative estimate of drug-likeness (QED) is 0.805. The number of nitrogens with zero attached hydrogens (tertiary/aromatic N) is 1. The minimum Gasteiger partial charge on any atom is -0.372 e. The van der Waals surface area contributed by atoms with Gasteiger partial charge in [0.05, 0.1) is 21.8 Å². The van der Waals surface area contributed by atoms with E-state index < -0.39 is 5.34 Å². The second kappa shape index (κ2) is 6.27. The molecular formula is C17H16B2FNO. The highest BCUT2D eigenvalue weighted by Gasteiger charge is 2.34. The lowest BCUT2D eigenvalue weighted by atomic mass is 9.60. The molecule has 1 fully saturated rings. The van der Waals surface area contributed by atoms with E-state index in [0.717, 1.165) is 11.1 Å². The van der Waals surface area contributed by atoms with E-state index in [0.29, 0.717) is 13.1 Å². The van der Waals surface area contributed by atoms with Gasteiger partial charge in [-0.3, -0.25) is 0 Å². The van der Waals surface area contributed by atoms with Gasteiger partial charge in [-0.25, -0.2) is 4.39 Å². The molecule has 5 heteroatoms. The van der Waals surface area contributed by atoms with Crippen LogP contribution in [-0.4, -0.2) is 39.1 Å². The monoisotopic (exact) mass is 291 g/mol. The summed E-state index contributed by atoms with van der Waals surface area (Å²) < 4.78 is 18.8. The molecule has 1 aliphatic heterocycles. The van der Waals surface area contributed by atoms with E-state index in [2.05, 4.69) is 0 Å². The van der Waals surface area contributed by atoms with Gasteiger partial charge in [-0.05, 0) is 28.6 Å². The topological polar surface area (TPSA) is 12.5 Å². The fourth-order valence-electron chi connectivity index (χ4n) is 2.64. The Bertz CT molecular complexity index is 618. The average Bonchev–Trinajstić information content (AvgIpc) is 2.51. The van der Waals surface area contributed by atoms with E-state index in [1.165, 1.54) is 12.1 Å². The van der Waals surface area contributed by atoms with Gasteiger partial charge in [0.25, 0.3) is 0 Å². The van der Waals surface area contributed by atoms with Crippen LogP contribution in [0.25, 0.3) is 0 Å². The average molecular weight is 291 g/mol. The van der Waals surface area contributed by atoms with Crippen LogP contribution in [0.3, 0.4) is 0 Å². The van der Waals surface area contributed by atoms with E-state index in [1.807, 2.05) is 35.2 Å². The smallest absolute Gasteiger partial charge is 0.123 e. The van der Waals surface area contributed by atoms with Crippen molar-refractivity contribution in [3.05, 3.63) is 71.5 Å². The van der Waals surface area contributed by atoms with Crippen molar-refractivity contribution in [3.63, 3.8) is 0 Å². The van der Waals surface area contributed by atoms with Gasteiger partial charge < -0.3 is 9.64 Å². The van der Waals surface area contributed by atoms with Crippen LogP contribution in [0.2, 0.25) is 0 Å². The van der Waals surface area contributed by atoms with Gasteiger partial charge in [0.1, 0.15) is 5.82 Å². The largest absolute Gasteiger partial charge is 0.372 e. The normalized spacial score (nSPS) is 21.6. The van der Waals surface area contributed by atoms with Gasteiger partial charge in [0.15, 0.2) is 0 Å². The van der Waals surface area contributed by atoms with Crippen LogP contribution in [0.4, 0.5) is 4.39 Å². The number of ether oxygens (including phenoxy) is 1. The van der Waals surface area contributed by atoms with Crippen molar-refractivity contribution in [2.75, 3.05) is 13.2 Å². The van der Waals surface area contributed by atoms with Crippen molar-refractivity contribution >= 4 is 15.7 Å². The van der Waals surface area contributed by atoms with Crippen molar-refractivity contribution in [2.45, 2.75) is 18.0 Å². The van der Waals surface area contributed by atoms with Crippen molar-refractivity contribution in [1.29, 1.82) is 0 Å². The highest BCUT2D eigenvalue weighted by Crippen LogP contribution is 2.29. The number of rotatable bonds is 3. The maximum absolute atomic E-state index is 13.0. The molecule has 2 nitrogen and oxygen atoms in total. The van der Waals surface area contributed by atoms with Gasteiger partial charge >= 0.3 is 0 Å². The summed E-state index contributed by atoms with van der Waals surface area (Å²) in [6.45, 7) is 1.43. The first-order chi connectivity index (χ1) is 10.5. The predicted molar refractivity (Wildman–Crippen MR) is 86.2 cm³/mol. The Balaban J connectivity index is 1.76. The van der Waals surface area contributed by atoms with Gasteiger partial charge in [-0.15, -0.1) is 0 Å². The van der Waals surface area contributed by atoms with Crippen LogP contribution in [0.5, 0.6) is 0 Å². The van der Waals surface area contributed by atoms with Crippen LogP contribution in [0.1, 0.15) is 17.2 Å². The number of hydrogen-bond donors (Lipinski definition) is 0. The highest BCUT2D eigenvalue weighted by molar-refractivity contribution is 6.40. The molecule has 1 saturated heterocycles. The van der Waals surface area contributed by atoms with Crippen LogP contribution in [0, 0.1) is 5.82 Å². The predicted octanol–water partition coefficient (Wildman–Crippen LogP) is 2.39. The summed E-state index contributed by atoms with van der Waals surface area (Å²) in [6.07, 6.45) is -0.162. The second-order valence-electron chi connectivity index (χ2n) is 5.71. The summed E-state index contributed by atoms with van der Waals surface area (Å²) in [6, 6.07) is 16.4. The molecule has 0 N–H and O–H groups in total. The van der Waals surface area contributed by atoms with Crippen LogP contribution < -0.4 is 0 Å². The molecule has 1 atom stereocenters. The molecule has 0 spiro atoms. The Labute approximate surface area is 133 Å². The van der Waals surface area contributed by atoms with Crippen LogP contribution >= 0.6 is 0 Å². The van der Waals surface area contributed by atoms with Crippen LogP contribution in [0.15, 0.2) is 54.6 Å². The van der Waals surface area contributed by atoms with E-state index in [9.17, 15) is 4.39 Å². The molecule has 0 amide bonds. The SMILES string of the molecule is [B]C1([B])COC(c2ccc(F)cc2)CN1Cc1ccccc1. The highest BCUT2D eigenvalue weighted by atomic mass is 19.1. The molecule has 0 aliphatic carbocycles. The number of hydrogen-bond acceptors (Lipinski definition) is 2. The molecular weight excluding hydrogens is 275 g/mol. The molecule has 0 bridgehead atoms. The molecule has 22 heavy (non-hydrogen) atoms. The first-order valence-corrected chi connectivity index (χ1v) is 7.28. The third-order valence-electron chi connectivity index (χ3n) is 3.95. The summed E-state index contributed by atoms with van der Waals surface area (Å²) in [5.74, 6) is -0.257. The molecule has 1 heterocycles. The Morgan fingerprint density at radius 2 is 1.77 bits per heavy atom. The third kappa shape index (κ3) is 3.42. The maximum Gasteiger partial charge on any atom is 0.123 e. The fourth-order valence-corrected chi connectivity index (χ4v) is 2.64. The van der Waals surface area contributed by atoms with Gasteiger partial charge in [-0.1, -0.05) is 42.5 Å². The zero-order chi connectivity index (χ0) is 15.6. The molecule has 0 aromatic heterocycles. The first-order valence-electron chi connectivity index (χ1n) is 7.28. The molecule has 1 aliphatic rings. The molecule has 2 aromatic carbocycles. The second-order valence-corrected chi connectivity index (χ2v) is 5.71. The van der Waals surface area contributed by atoms with Crippen molar-refractivity contribution in [1.82, 2.24) is 4.90 Å². The Kier molecular flexibility index (Phi) is 4.37. The Morgan fingerprint density at radius 3 is 2.45 bits per heavy atom. The molecule has 2 aromatic rings. The van der Waals surface area contributed by atoms with E-state index in [-0.39, 0.29) is 18.5 Å². The zero-order valence-electron chi connectivity index (χ0n) is 12.3. The summed E-state index contributed by atoms with van der Waals surface area (Å²) in [7, 11) is 12.3. The Morgan fingerprint density at radius 1 is 1.09 bits per heavy atom. The fraction of sp³-hybridized carbons (Fsp3) is 0.294. The summed E-state index contributed by atoms with van der Waals surface area (Å²) in [4.78, 5) is 2.00. The van der Waals surface area contributed by atoms with E-state index in [1.54, 1.807) is 12.1 Å². The maximum atomic E-state index is 13.0. The number of benzene rings is 2. The molecule has 3 rings (SSSR count). The molecule has 0 saturated carbocycles. The number of halogens is 1. The van der Waals surface area contributed by atoms with Gasteiger partial charge in [0.2, 0.25) is 0 Å². The summed E-state index contributed by atoms with van der Waals surface area (Å²) >= 11 is 0. The van der Waals surface area contributed by atoms with Crippen molar-refractivity contribution in [2.24, 2.45) is 0 Å². The minimum atomic E-state index is -1.01. The van der Waals surface area contributed by atoms with Crippen molar-refractivity contribution in [3.8, 4) is 0 Å². The summed E-state index contributed by atoms with van der Waals surface area (Å²) in [5, 5.41) is -1.01. The third-order valence-corrected chi connectivity index (χ3v) is 3.95. The van der Waals surface area contributed by atoms with Gasteiger partial charge in [0, 0.05) is 19.7 Å². The number of morpholine rings is 1. The minimum absolute atomic E-state index is 0.162. The lowest BCUT2D eigenvalue weighted by Crippen LogP contribution is -2.58. The van der Waals surface area contributed by atoms with E-state index >= 15 is 0 Å². The van der Waals surface area contributed by atoms with Gasteiger partial charge in [-0.2, -0.15) is 0 Å². The molecule has 1 unspecified atom stereocenters. The molecule has 4 radical (unpaired) electrons. The lowest BCUT2D eigenvalue weighted by molar-refractivity contribution is -0.0593. The lowest BCUT2D eigenvalue weighted by Gasteiger charge is -2.46. The van der Waals surface area contributed by atoms with Crippen LogP contribution in [-0.2, 0) is 11.3 Å².